The minimum absolute atomic E-state index is 0.171. The first-order valence-corrected chi connectivity index (χ1v) is 7.10. The average Bonchev–Trinajstić information content (AvgIpc) is 2.54. The number of hydrogen-bond acceptors (Lipinski definition) is 4. The second-order valence-corrected chi connectivity index (χ2v) is 4.72. The van der Waals surface area contributed by atoms with E-state index in [1.54, 1.807) is 24.1 Å². The van der Waals surface area contributed by atoms with Crippen molar-refractivity contribution in [2.75, 3.05) is 23.8 Å². The third-order valence-electron chi connectivity index (χ3n) is 3.28. The predicted molar refractivity (Wildman–Crippen MR) is 84.7 cm³/mol. The van der Waals surface area contributed by atoms with E-state index in [9.17, 15) is 4.79 Å². The maximum Gasteiger partial charge on any atom is 0.278 e. The number of benzene rings is 1. The van der Waals surface area contributed by atoms with Crippen LogP contribution in [0, 0.1) is 0 Å². The minimum Gasteiger partial charge on any atom is -0.369 e. The van der Waals surface area contributed by atoms with Crippen LogP contribution in [0.3, 0.4) is 0 Å². The van der Waals surface area contributed by atoms with E-state index in [1.807, 2.05) is 31.2 Å². The number of amides is 1. The van der Waals surface area contributed by atoms with Crippen molar-refractivity contribution in [1.29, 1.82) is 0 Å². The van der Waals surface area contributed by atoms with E-state index in [-0.39, 0.29) is 5.91 Å². The molecule has 2 rings (SSSR count). The summed E-state index contributed by atoms with van der Waals surface area (Å²) in [5.74, 6) is 0.499. The van der Waals surface area contributed by atoms with Crippen LogP contribution in [0.15, 0.2) is 36.4 Å². The summed E-state index contributed by atoms with van der Waals surface area (Å²) in [6, 6.07) is 11.4. The number of carbonyl (C=O) groups is 1. The van der Waals surface area contributed by atoms with Gasteiger partial charge < -0.3 is 10.2 Å². The highest BCUT2D eigenvalue weighted by Gasteiger charge is 2.15. The van der Waals surface area contributed by atoms with Gasteiger partial charge in [0, 0.05) is 19.3 Å². The van der Waals surface area contributed by atoms with Crippen LogP contribution in [0.25, 0.3) is 0 Å². The molecule has 0 bridgehead atoms. The quantitative estimate of drug-likeness (QED) is 0.917. The van der Waals surface area contributed by atoms with E-state index in [2.05, 4.69) is 22.4 Å². The monoisotopic (exact) mass is 284 g/mol. The third kappa shape index (κ3) is 3.56. The van der Waals surface area contributed by atoms with Gasteiger partial charge in [-0.3, -0.25) is 4.79 Å². The summed E-state index contributed by atoms with van der Waals surface area (Å²) >= 11 is 0. The van der Waals surface area contributed by atoms with Crippen molar-refractivity contribution in [2.24, 2.45) is 0 Å². The van der Waals surface area contributed by atoms with Crippen LogP contribution < -0.4 is 10.2 Å². The molecule has 0 aliphatic heterocycles. The Bertz CT molecular complexity index is 593. The Kier molecular flexibility index (Phi) is 4.87. The molecule has 1 N–H and O–H groups in total. The molecule has 0 saturated carbocycles. The lowest BCUT2D eigenvalue weighted by atomic mass is 10.1. The highest BCUT2D eigenvalue weighted by Crippen LogP contribution is 2.16. The van der Waals surface area contributed by atoms with Gasteiger partial charge in [-0.05, 0) is 43.2 Å². The van der Waals surface area contributed by atoms with Gasteiger partial charge >= 0.3 is 0 Å². The van der Waals surface area contributed by atoms with Gasteiger partial charge in [0.2, 0.25) is 0 Å². The second kappa shape index (κ2) is 6.83. The number of hydrogen-bond donors (Lipinski definition) is 1. The SMILES string of the molecule is CCNc1ccc(C(=O)N(C)c2ccc(CC)cc2)nn1. The molecule has 1 aromatic carbocycles. The Labute approximate surface area is 125 Å². The maximum atomic E-state index is 12.4. The first kappa shape index (κ1) is 15.0. The van der Waals surface area contributed by atoms with Gasteiger partial charge in [0.15, 0.2) is 5.69 Å². The molecule has 0 fully saturated rings. The van der Waals surface area contributed by atoms with Crippen molar-refractivity contribution in [1.82, 2.24) is 10.2 Å². The summed E-state index contributed by atoms with van der Waals surface area (Å²) in [6.07, 6.45) is 0.981. The second-order valence-electron chi connectivity index (χ2n) is 4.72. The zero-order valence-corrected chi connectivity index (χ0v) is 12.6. The van der Waals surface area contributed by atoms with E-state index in [4.69, 9.17) is 0 Å². The molecule has 2 aromatic rings. The number of carbonyl (C=O) groups excluding carboxylic acids is 1. The van der Waals surface area contributed by atoms with Gasteiger partial charge in [-0.2, -0.15) is 0 Å². The summed E-state index contributed by atoms with van der Waals surface area (Å²) in [5, 5.41) is 11.0. The number of nitrogens with one attached hydrogen (secondary N) is 1. The van der Waals surface area contributed by atoms with E-state index in [1.165, 1.54) is 5.56 Å². The smallest absolute Gasteiger partial charge is 0.278 e. The van der Waals surface area contributed by atoms with Gasteiger partial charge in [-0.25, -0.2) is 0 Å². The largest absolute Gasteiger partial charge is 0.369 e. The number of rotatable bonds is 5. The van der Waals surface area contributed by atoms with Crippen molar-refractivity contribution in [3.05, 3.63) is 47.7 Å². The molecule has 1 heterocycles. The first-order chi connectivity index (χ1) is 10.2. The van der Waals surface area contributed by atoms with Crippen molar-refractivity contribution in [2.45, 2.75) is 20.3 Å². The molecule has 5 heteroatoms. The van der Waals surface area contributed by atoms with E-state index in [0.717, 1.165) is 18.7 Å². The molecule has 110 valence electrons. The van der Waals surface area contributed by atoms with Crippen LogP contribution in [-0.2, 0) is 6.42 Å². The topological polar surface area (TPSA) is 58.1 Å². The standard InChI is InChI=1S/C16H20N4O/c1-4-12-6-8-13(9-7-12)20(3)16(21)14-10-11-15(17-5-2)19-18-14/h6-11H,4-5H2,1-3H3,(H,17,19). The molecule has 0 radical (unpaired) electrons. The molecule has 0 saturated heterocycles. The lowest BCUT2D eigenvalue weighted by Crippen LogP contribution is -2.27. The zero-order valence-electron chi connectivity index (χ0n) is 12.6. The lowest BCUT2D eigenvalue weighted by molar-refractivity contribution is 0.0987. The van der Waals surface area contributed by atoms with Crippen LogP contribution in [0.2, 0.25) is 0 Å². The van der Waals surface area contributed by atoms with Gasteiger partial charge in [0.05, 0.1) is 0 Å². The van der Waals surface area contributed by atoms with Crippen LogP contribution in [-0.4, -0.2) is 29.7 Å². The van der Waals surface area contributed by atoms with Gasteiger partial charge in [0.25, 0.3) is 5.91 Å². The van der Waals surface area contributed by atoms with E-state index >= 15 is 0 Å². The fourth-order valence-electron chi connectivity index (χ4n) is 1.97. The summed E-state index contributed by atoms with van der Waals surface area (Å²) in [4.78, 5) is 14.0. The van der Waals surface area contributed by atoms with Crippen molar-refractivity contribution >= 4 is 17.4 Å². The van der Waals surface area contributed by atoms with Crippen LogP contribution in [0.4, 0.5) is 11.5 Å². The van der Waals surface area contributed by atoms with Gasteiger partial charge in [-0.15, -0.1) is 10.2 Å². The third-order valence-corrected chi connectivity index (χ3v) is 3.28. The minimum atomic E-state index is -0.171. The summed E-state index contributed by atoms with van der Waals surface area (Å²) in [5.41, 5.74) is 2.42. The summed E-state index contributed by atoms with van der Waals surface area (Å²) in [7, 11) is 1.74. The van der Waals surface area contributed by atoms with Crippen molar-refractivity contribution in [3.8, 4) is 0 Å². The molecular weight excluding hydrogens is 264 g/mol. The number of aromatic nitrogens is 2. The molecule has 0 unspecified atom stereocenters. The van der Waals surface area contributed by atoms with Crippen LogP contribution in [0.1, 0.15) is 29.9 Å². The molecule has 1 aromatic heterocycles. The highest BCUT2D eigenvalue weighted by atomic mass is 16.2. The number of nitrogens with zero attached hydrogens (tertiary/aromatic N) is 3. The molecule has 1 amide bonds. The fraction of sp³-hybridized carbons (Fsp3) is 0.312. The number of anilines is 2. The maximum absolute atomic E-state index is 12.4. The van der Waals surface area contributed by atoms with Crippen LogP contribution in [0.5, 0.6) is 0 Å². The van der Waals surface area contributed by atoms with E-state index in [0.29, 0.717) is 11.5 Å². The molecule has 0 aliphatic carbocycles. The van der Waals surface area contributed by atoms with Crippen molar-refractivity contribution in [3.63, 3.8) is 0 Å². The molecule has 0 atom stereocenters. The van der Waals surface area contributed by atoms with Gasteiger partial charge in [-0.1, -0.05) is 19.1 Å². The zero-order chi connectivity index (χ0) is 15.2. The summed E-state index contributed by atoms with van der Waals surface area (Å²) < 4.78 is 0. The Hall–Kier alpha value is -2.43. The average molecular weight is 284 g/mol. The highest BCUT2D eigenvalue weighted by molar-refractivity contribution is 6.04. The number of aryl methyl sites for hydroxylation is 1. The fourth-order valence-corrected chi connectivity index (χ4v) is 1.97. The first-order valence-electron chi connectivity index (χ1n) is 7.10. The van der Waals surface area contributed by atoms with Crippen molar-refractivity contribution < 1.29 is 4.79 Å². The normalized spacial score (nSPS) is 10.2. The van der Waals surface area contributed by atoms with Gasteiger partial charge in [0.1, 0.15) is 5.82 Å². The Morgan fingerprint density at radius 1 is 1.10 bits per heavy atom. The predicted octanol–water partition coefficient (Wildman–Crippen LogP) is 2.75. The lowest BCUT2D eigenvalue weighted by Gasteiger charge is -2.17. The molecular formula is C16H20N4O. The molecule has 0 aliphatic rings. The Morgan fingerprint density at radius 3 is 2.33 bits per heavy atom. The van der Waals surface area contributed by atoms with Crippen LogP contribution >= 0.6 is 0 Å². The van der Waals surface area contributed by atoms with E-state index < -0.39 is 0 Å². The molecule has 5 nitrogen and oxygen atoms in total. The Balaban J connectivity index is 2.13. The molecule has 21 heavy (non-hydrogen) atoms. The Morgan fingerprint density at radius 2 is 1.81 bits per heavy atom. The molecule has 0 spiro atoms. The summed E-state index contributed by atoms with van der Waals surface area (Å²) in [6.45, 7) is 4.85.